The van der Waals surface area contributed by atoms with Crippen LogP contribution >= 0.6 is 0 Å². The Labute approximate surface area is 68.3 Å². The van der Waals surface area contributed by atoms with Crippen LogP contribution in [-0.4, -0.2) is 19.0 Å². The zero-order valence-corrected chi connectivity index (χ0v) is 7.61. The van der Waals surface area contributed by atoms with Crippen molar-refractivity contribution in [2.45, 2.75) is 27.2 Å². The molecule has 0 aromatic rings. The van der Waals surface area contributed by atoms with E-state index in [9.17, 15) is 4.79 Å². The quantitative estimate of drug-likeness (QED) is 0.585. The number of carbonyl (C=O) groups is 1. The molecule has 11 heavy (non-hydrogen) atoms. The molecule has 0 heterocycles. The number of primary amides is 1. The number of amides is 1. The lowest BCUT2D eigenvalue weighted by molar-refractivity contribution is -0.117. The van der Waals surface area contributed by atoms with Crippen molar-refractivity contribution in [1.29, 1.82) is 0 Å². The maximum Gasteiger partial charge on any atom is 0.218 e. The van der Waals surface area contributed by atoms with Gasteiger partial charge in [-0.05, 0) is 5.41 Å². The van der Waals surface area contributed by atoms with Gasteiger partial charge in [0, 0.05) is 19.5 Å². The molecule has 0 unspecified atom stereocenters. The van der Waals surface area contributed by atoms with Gasteiger partial charge >= 0.3 is 0 Å². The molecule has 0 bridgehead atoms. The van der Waals surface area contributed by atoms with Crippen molar-refractivity contribution in [2.24, 2.45) is 11.1 Å². The summed E-state index contributed by atoms with van der Waals surface area (Å²) in [5.74, 6) is -0.244. The molecule has 66 valence electrons. The summed E-state index contributed by atoms with van der Waals surface area (Å²) in [4.78, 5) is 10.3. The van der Waals surface area contributed by atoms with E-state index in [2.05, 4.69) is 26.1 Å². The molecule has 0 aliphatic rings. The van der Waals surface area contributed by atoms with E-state index in [0.29, 0.717) is 13.0 Å². The Bertz CT molecular complexity index is 127. The monoisotopic (exact) mass is 158 g/mol. The topological polar surface area (TPSA) is 55.1 Å². The van der Waals surface area contributed by atoms with Crippen molar-refractivity contribution in [2.75, 3.05) is 13.1 Å². The van der Waals surface area contributed by atoms with Crippen LogP contribution in [0.25, 0.3) is 0 Å². The standard InChI is InChI=1S/C8H18N2O/c1-8(2,3)6-10-5-4-7(9)11/h10H,4-6H2,1-3H3,(H2,9,11). The first-order chi connectivity index (χ1) is 4.92. The van der Waals surface area contributed by atoms with Crippen LogP contribution in [0.4, 0.5) is 0 Å². The third-order valence-corrected chi connectivity index (χ3v) is 1.20. The number of hydrogen-bond donors (Lipinski definition) is 2. The zero-order valence-electron chi connectivity index (χ0n) is 7.61. The van der Waals surface area contributed by atoms with Crippen molar-refractivity contribution in [3.05, 3.63) is 0 Å². The van der Waals surface area contributed by atoms with Crippen LogP contribution in [0.3, 0.4) is 0 Å². The minimum absolute atomic E-state index is 0.244. The number of rotatable bonds is 4. The van der Waals surface area contributed by atoms with Crippen molar-refractivity contribution in [3.8, 4) is 0 Å². The summed E-state index contributed by atoms with van der Waals surface area (Å²) in [7, 11) is 0. The predicted octanol–water partition coefficient (Wildman–Crippen LogP) is 0.497. The minimum atomic E-state index is -0.244. The maximum absolute atomic E-state index is 10.3. The highest BCUT2D eigenvalue weighted by Gasteiger charge is 2.08. The van der Waals surface area contributed by atoms with E-state index >= 15 is 0 Å². The Hall–Kier alpha value is -0.570. The van der Waals surface area contributed by atoms with Crippen LogP contribution in [0.5, 0.6) is 0 Å². The Kier molecular flexibility index (Phi) is 4.11. The van der Waals surface area contributed by atoms with Crippen molar-refractivity contribution < 1.29 is 4.79 Å². The van der Waals surface area contributed by atoms with Gasteiger partial charge in [0.2, 0.25) is 5.91 Å². The van der Waals surface area contributed by atoms with Crippen LogP contribution in [0.2, 0.25) is 0 Å². The lowest BCUT2D eigenvalue weighted by atomic mass is 9.97. The average Bonchev–Trinajstić information content (AvgIpc) is 1.78. The number of hydrogen-bond acceptors (Lipinski definition) is 2. The van der Waals surface area contributed by atoms with E-state index < -0.39 is 0 Å². The molecule has 0 radical (unpaired) electrons. The highest BCUT2D eigenvalue weighted by atomic mass is 16.1. The predicted molar refractivity (Wildman–Crippen MR) is 46.1 cm³/mol. The molecule has 0 aromatic carbocycles. The maximum atomic E-state index is 10.3. The molecule has 0 spiro atoms. The van der Waals surface area contributed by atoms with Crippen LogP contribution in [0.1, 0.15) is 27.2 Å². The van der Waals surface area contributed by atoms with Crippen LogP contribution in [-0.2, 0) is 4.79 Å². The molecule has 0 aliphatic carbocycles. The Morgan fingerprint density at radius 2 is 2.00 bits per heavy atom. The summed E-state index contributed by atoms with van der Waals surface area (Å²) in [5, 5.41) is 3.16. The number of carbonyl (C=O) groups excluding carboxylic acids is 1. The Morgan fingerprint density at radius 1 is 1.45 bits per heavy atom. The van der Waals surface area contributed by atoms with E-state index in [1.807, 2.05) is 0 Å². The SMILES string of the molecule is CC(C)(C)CNCCC(N)=O. The molecule has 0 aromatic heterocycles. The van der Waals surface area contributed by atoms with E-state index in [-0.39, 0.29) is 11.3 Å². The summed E-state index contributed by atoms with van der Waals surface area (Å²) < 4.78 is 0. The fourth-order valence-corrected chi connectivity index (χ4v) is 0.675. The van der Waals surface area contributed by atoms with Gasteiger partial charge in [0.1, 0.15) is 0 Å². The van der Waals surface area contributed by atoms with Crippen molar-refractivity contribution in [1.82, 2.24) is 5.32 Å². The molecule has 1 amide bonds. The van der Waals surface area contributed by atoms with E-state index in [1.165, 1.54) is 0 Å². The molecule has 0 fully saturated rings. The summed E-state index contributed by atoms with van der Waals surface area (Å²) in [6.07, 6.45) is 0.427. The van der Waals surface area contributed by atoms with Gasteiger partial charge in [-0.1, -0.05) is 20.8 Å². The molecule has 0 rings (SSSR count). The summed E-state index contributed by atoms with van der Waals surface area (Å²) in [6.45, 7) is 8.03. The molecule has 0 saturated heterocycles. The van der Waals surface area contributed by atoms with Gasteiger partial charge in [-0.3, -0.25) is 4.79 Å². The molecule has 0 atom stereocenters. The number of nitrogens with two attached hydrogens (primary N) is 1. The van der Waals surface area contributed by atoms with Crippen LogP contribution in [0, 0.1) is 5.41 Å². The smallest absolute Gasteiger partial charge is 0.218 e. The van der Waals surface area contributed by atoms with E-state index in [4.69, 9.17) is 5.73 Å². The normalized spacial score (nSPS) is 11.5. The van der Waals surface area contributed by atoms with Crippen molar-refractivity contribution in [3.63, 3.8) is 0 Å². The first-order valence-corrected chi connectivity index (χ1v) is 3.91. The second-order valence-electron chi connectivity index (χ2n) is 3.95. The van der Waals surface area contributed by atoms with E-state index in [0.717, 1.165) is 6.54 Å². The molecule has 3 nitrogen and oxygen atoms in total. The van der Waals surface area contributed by atoms with Crippen LogP contribution < -0.4 is 11.1 Å². The second-order valence-corrected chi connectivity index (χ2v) is 3.95. The van der Waals surface area contributed by atoms with E-state index in [1.54, 1.807) is 0 Å². The van der Waals surface area contributed by atoms with Gasteiger partial charge in [0.15, 0.2) is 0 Å². The van der Waals surface area contributed by atoms with Gasteiger partial charge in [-0.25, -0.2) is 0 Å². The second kappa shape index (κ2) is 4.34. The first-order valence-electron chi connectivity index (χ1n) is 3.91. The lowest BCUT2D eigenvalue weighted by Crippen LogP contribution is -2.29. The van der Waals surface area contributed by atoms with Gasteiger partial charge in [-0.15, -0.1) is 0 Å². The molecule has 0 saturated carbocycles. The first kappa shape index (κ1) is 10.4. The number of nitrogens with one attached hydrogen (secondary N) is 1. The third-order valence-electron chi connectivity index (χ3n) is 1.20. The van der Waals surface area contributed by atoms with Crippen LogP contribution in [0.15, 0.2) is 0 Å². The lowest BCUT2D eigenvalue weighted by Gasteiger charge is -2.18. The fourth-order valence-electron chi connectivity index (χ4n) is 0.675. The molecule has 3 heteroatoms. The highest BCUT2D eigenvalue weighted by Crippen LogP contribution is 2.09. The fraction of sp³-hybridized carbons (Fsp3) is 0.875. The van der Waals surface area contributed by atoms with Gasteiger partial charge in [0.25, 0.3) is 0 Å². The highest BCUT2D eigenvalue weighted by molar-refractivity contribution is 5.73. The third kappa shape index (κ3) is 9.43. The summed E-state index contributed by atoms with van der Waals surface area (Å²) >= 11 is 0. The largest absolute Gasteiger partial charge is 0.370 e. The molecule has 3 N–H and O–H groups in total. The minimum Gasteiger partial charge on any atom is -0.370 e. The average molecular weight is 158 g/mol. The molecule has 0 aliphatic heterocycles. The van der Waals surface area contributed by atoms with Gasteiger partial charge < -0.3 is 11.1 Å². The van der Waals surface area contributed by atoms with Gasteiger partial charge in [0.05, 0.1) is 0 Å². The Morgan fingerprint density at radius 3 is 2.36 bits per heavy atom. The zero-order chi connectivity index (χ0) is 8.91. The summed E-state index contributed by atoms with van der Waals surface area (Å²) in [6, 6.07) is 0. The molecular weight excluding hydrogens is 140 g/mol. The summed E-state index contributed by atoms with van der Waals surface area (Å²) in [5.41, 5.74) is 5.24. The molecular formula is C8H18N2O. The van der Waals surface area contributed by atoms with Crippen molar-refractivity contribution >= 4 is 5.91 Å². The van der Waals surface area contributed by atoms with Gasteiger partial charge in [-0.2, -0.15) is 0 Å². The Balaban J connectivity index is 3.22.